The molecule has 5 N–H and O–H groups in total. The number of carbonyl (C=O) groups excluding carboxylic acids is 1. The van der Waals surface area contributed by atoms with Crippen LogP contribution in [0.5, 0.6) is 0 Å². The summed E-state index contributed by atoms with van der Waals surface area (Å²) < 4.78 is 1.69. The molecule has 0 atom stereocenters. The number of aryl methyl sites for hydroxylation is 2. The van der Waals surface area contributed by atoms with Crippen LogP contribution in [0.2, 0.25) is 0 Å². The number of nitrogens with zero attached hydrogens (tertiary/aromatic N) is 3. The number of benzene rings is 1. The largest absolute Gasteiger partial charge is 0.387 e. The molecule has 1 aromatic carbocycles. The van der Waals surface area contributed by atoms with Crippen LogP contribution in [-0.2, 0) is 18.4 Å². The second kappa shape index (κ2) is 7.84. The molecule has 4 aromatic rings. The molecule has 0 aliphatic heterocycles. The summed E-state index contributed by atoms with van der Waals surface area (Å²) >= 11 is 0. The van der Waals surface area contributed by atoms with E-state index in [2.05, 4.69) is 30.8 Å². The molecule has 0 fully saturated rings. The van der Waals surface area contributed by atoms with E-state index >= 15 is 0 Å². The van der Waals surface area contributed by atoms with E-state index in [0.717, 1.165) is 27.7 Å². The molecule has 0 aliphatic rings. The molecule has 0 saturated carbocycles. The average molecular weight is 406 g/mol. The number of aromatic nitrogens is 5. The van der Waals surface area contributed by atoms with Crippen LogP contribution in [0.1, 0.15) is 27.6 Å². The average Bonchev–Trinajstić information content (AvgIpc) is 3.43. The standard InChI is InChI=1S/C20H22N8O2/c1-11-17(27-19(25-11)20(29)23-8-12-9-24-28(3)10-12)13-4-5-15-14(6-13)7-16(26-15)18(21)30-22-2/h4-7,9-10,21-22,26H,8H2,1-3H3,(H,23,29)(H,25,27). The van der Waals surface area contributed by atoms with Crippen LogP contribution < -0.4 is 10.8 Å². The SMILES string of the molecule is CNOC(=N)c1cc2cc(-c3nc(C(=O)NCc4cnn(C)c4)[nH]c3C)ccc2[nH]1. The van der Waals surface area contributed by atoms with Gasteiger partial charge in [-0.25, -0.2) is 4.98 Å². The number of hydrogen-bond donors (Lipinski definition) is 5. The minimum Gasteiger partial charge on any atom is -0.387 e. The molecule has 0 bridgehead atoms. The smallest absolute Gasteiger partial charge is 0.287 e. The molecule has 0 saturated heterocycles. The second-order valence-electron chi connectivity index (χ2n) is 6.88. The van der Waals surface area contributed by atoms with Crippen molar-refractivity contribution in [3.05, 3.63) is 59.4 Å². The number of hydrogen-bond acceptors (Lipinski definition) is 6. The Bertz CT molecular complexity index is 1230. The summed E-state index contributed by atoms with van der Waals surface area (Å²) in [5.41, 5.74) is 7.20. The first-order valence-electron chi connectivity index (χ1n) is 9.32. The third-order valence-corrected chi connectivity index (χ3v) is 4.65. The van der Waals surface area contributed by atoms with Gasteiger partial charge in [0.25, 0.3) is 11.8 Å². The molecule has 30 heavy (non-hydrogen) atoms. The van der Waals surface area contributed by atoms with Crippen LogP contribution in [0, 0.1) is 12.3 Å². The Labute approximate surface area is 172 Å². The van der Waals surface area contributed by atoms with E-state index in [9.17, 15) is 4.79 Å². The minimum atomic E-state index is -0.282. The van der Waals surface area contributed by atoms with Gasteiger partial charge >= 0.3 is 0 Å². The fraction of sp³-hybridized carbons (Fsp3) is 0.200. The van der Waals surface area contributed by atoms with E-state index in [-0.39, 0.29) is 17.6 Å². The molecule has 10 nitrogen and oxygen atoms in total. The Balaban J connectivity index is 1.55. The first-order chi connectivity index (χ1) is 14.4. The van der Waals surface area contributed by atoms with E-state index in [1.807, 2.05) is 44.4 Å². The first kappa shape index (κ1) is 19.4. The normalized spacial score (nSPS) is 11.0. The minimum absolute atomic E-state index is 0.00114. The van der Waals surface area contributed by atoms with Gasteiger partial charge in [-0.3, -0.25) is 14.9 Å². The summed E-state index contributed by atoms with van der Waals surface area (Å²) in [4.78, 5) is 28.2. The number of aromatic amines is 2. The molecule has 0 aliphatic carbocycles. The Morgan fingerprint density at radius 1 is 1.30 bits per heavy atom. The van der Waals surface area contributed by atoms with E-state index in [4.69, 9.17) is 10.2 Å². The molecule has 0 radical (unpaired) electrons. The van der Waals surface area contributed by atoms with Gasteiger partial charge in [-0.1, -0.05) is 6.07 Å². The van der Waals surface area contributed by atoms with Crippen molar-refractivity contribution in [2.24, 2.45) is 7.05 Å². The van der Waals surface area contributed by atoms with Gasteiger partial charge in [0.2, 0.25) is 0 Å². The quantitative estimate of drug-likeness (QED) is 0.190. The number of H-pyrrole nitrogens is 2. The highest BCUT2D eigenvalue weighted by atomic mass is 16.6. The van der Waals surface area contributed by atoms with Crippen LogP contribution in [0.25, 0.3) is 22.2 Å². The zero-order valence-corrected chi connectivity index (χ0v) is 16.8. The molecule has 0 spiro atoms. The molecular weight excluding hydrogens is 384 g/mol. The Morgan fingerprint density at radius 2 is 2.13 bits per heavy atom. The fourth-order valence-electron chi connectivity index (χ4n) is 3.24. The van der Waals surface area contributed by atoms with Crippen molar-refractivity contribution >= 4 is 22.7 Å². The van der Waals surface area contributed by atoms with E-state index in [0.29, 0.717) is 17.9 Å². The number of rotatable bonds is 6. The van der Waals surface area contributed by atoms with Gasteiger partial charge in [0.05, 0.1) is 11.9 Å². The van der Waals surface area contributed by atoms with Crippen molar-refractivity contribution < 1.29 is 9.63 Å². The predicted molar refractivity (Wildman–Crippen MR) is 112 cm³/mol. The molecule has 3 aromatic heterocycles. The lowest BCUT2D eigenvalue weighted by molar-refractivity contribution is 0.0941. The van der Waals surface area contributed by atoms with Crippen molar-refractivity contribution in [3.63, 3.8) is 0 Å². The molecule has 1 amide bonds. The number of imidazole rings is 1. The lowest BCUT2D eigenvalue weighted by Gasteiger charge is -2.00. The van der Waals surface area contributed by atoms with Gasteiger partial charge in [-0.15, -0.1) is 0 Å². The zero-order valence-electron chi connectivity index (χ0n) is 16.8. The summed E-state index contributed by atoms with van der Waals surface area (Å²) in [6.07, 6.45) is 3.56. The van der Waals surface area contributed by atoms with Gasteiger partial charge in [0.1, 0.15) is 5.69 Å². The Hall–Kier alpha value is -3.92. The van der Waals surface area contributed by atoms with E-state index in [1.54, 1.807) is 17.9 Å². The number of nitrogens with one attached hydrogen (secondary N) is 5. The van der Waals surface area contributed by atoms with Gasteiger partial charge in [0, 0.05) is 54.6 Å². The van der Waals surface area contributed by atoms with Gasteiger partial charge in [-0.05, 0) is 25.1 Å². The lowest BCUT2D eigenvalue weighted by atomic mass is 10.1. The monoisotopic (exact) mass is 406 g/mol. The highest BCUT2D eigenvalue weighted by Crippen LogP contribution is 2.26. The number of carbonyl (C=O) groups is 1. The molecule has 3 heterocycles. The first-order valence-corrected chi connectivity index (χ1v) is 9.32. The van der Waals surface area contributed by atoms with Crippen LogP contribution in [0.3, 0.4) is 0 Å². The zero-order chi connectivity index (χ0) is 21.3. The fourth-order valence-corrected chi connectivity index (χ4v) is 3.24. The summed E-state index contributed by atoms with van der Waals surface area (Å²) in [5, 5.41) is 15.7. The summed E-state index contributed by atoms with van der Waals surface area (Å²) in [5.74, 6) is -0.0277. The number of fused-ring (bicyclic) bond motifs is 1. The highest BCUT2D eigenvalue weighted by Gasteiger charge is 2.16. The number of amides is 1. The van der Waals surface area contributed by atoms with E-state index in [1.165, 1.54) is 0 Å². The molecule has 154 valence electrons. The van der Waals surface area contributed by atoms with Crippen molar-refractivity contribution in [1.29, 1.82) is 5.41 Å². The molecular formula is C20H22N8O2. The maximum Gasteiger partial charge on any atom is 0.287 e. The summed E-state index contributed by atoms with van der Waals surface area (Å²) in [6.45, 7) is 2.25. The Kier molecular flexibility index (Phi) is 5.07. The number of hydroxylamine groups is 1. The highest BCUT2D eigenvalue weighted by molar-refractivity contribution is 5.97. The second-order valence-corrected chi connectivity index (χ2v) is 6.88. The van der Waals surface area contributed by atoms with Gasteiger partial charge in [0.15, 0.2) is 5.82 Å². The van der Waals surface area contributed by atoms with Crippen LogP contribution in [-0.4, -0.2) is 43.6 Å². The van der Waals surface area contributed by atoms with E-state index < -0.39 is 0 Å². The van der Waals surface area contributed by atoms with Crippen molar-refractivity contribution in [2.75, 3.05) is 7.05 Å². The topological polar surface area (TPSA) is 136 Å². The van der Waals surface area contributed by atoms with Crippen LogP contribution >= 0.6 is 0 Å². The van der Waals surface area contributed by atoms with Crippen molar-refractivity contribution in [3.8, 4) is 11.3 Å². The maximum atomic E-state index is 12.5. The third-order valence-electron chi connectivity index (χ3n) is 4.65. The van der Waals surface area contributed by atoms with Gasteiger partial charge in [-0.2, -0.15) is 10.6 Å². The maximum absolute atomic E-state index is 12.5. The summed E-state index contributed by atoms with van der Waals surface area (Å²) in [6, 6.07) is 7.63. The Morgan fingerprint density at radius 3 is 2.87 bits per heavy atom. The van der Waals surface area contributed by atoms with Crippen LogP contribution in [0.4, 0.5) is 0 Å². The predicted octanol–water partition coefficient (Wildman–Crippen LogP) is 2.01. The van der Waals surface area contributed by atoms with Crippen molar-refractivity contribution in [2.45, 2.75) is 13.5 Å². The molecule has 0 unspecified atom stereocenters. The van der Waals surface area contributed by atoms with Gasteiger partial charge < -0.3 is 20.1 Å². The van der Waals surface area contributed by atoms with Crippen LogP contribution in [0.15, 0.2) is 36.7 Å². The van der Waals surface area contributed by atoms with Crippen molar-refractivity contribution in [1.82, 2.24) is 35.5 Å². The lowest BCUT2D eigenvalue weighted by Crippen LogP contribution is -2.23. The third kappa shape index (κ3) is 3.80. The molecule has 4 rings (SSSR count). The summed E-state index contributed by atoms with van der Waals surface area (Å²) in [7, 11) is 3.43. The molecule has 10 heteroatoms.